The average molecular weight is 253 g/mol. The van der Waals surface area contributed by atoms with Crippen LogP contribution in [0.15, 0.2) is 0 Å². The summed E-state index contributed by atoms with van der Waals surface area (Å²) in [7, 11) is 0. The van der Waals surface area contributed by atoms with E-state index >= 15 is 0 Å². The predicted molar refractivity (Wildman–Crippen MR) is 68.1 cm³/mol. The fourth-order valence-corrected chi connectivity index (χ4v) is 3.21. The van der Waals surface area contributed by atoms with Gasteiger partial charge in [0.2, 0.25) is 5.91 Å². The van der Waals surface area contributed by atoms with Crippen molar-refractivity contribution in [2.24, 2.45) is 17.8 Å². The summed E-state index contributed by atoms with van der Waals surface area (Å²) in [4.78, 5) is 25.2. The third-order valence-corrected chi connectivity index (χ3v) is 4.60. The third-order valence-electron chi connectivity index (χ3n) is 4.60. The van der Waals surface area contributed by atoms with Crippen LogP contribution in [0.25, 0.3) is 0 Å². The maximum absolute atomic E-state index is 12.3. The number of carbonyl (C=O) groups excluding carboxylic acids is 1. The van der Waals surface area contributed by atoms with E-state index in [1.807, 2.05) is 4.90 Å². The smallest absolute Gasteiger partial charge is 0.306 e. The normalized spacial score (nSPS) is 32.5. The molecule has 0 aromatic heterocycles. The molecule has 0 aromatic rings. The Balaban J connectivity index is 1.83. The molecule has 0 unspecified atom stereocenters. The van der Waals surface area contributed by atoms with Crippen molar-refractivity contribution in [3.8, 4) is 0 Å². The van der Waals surface area contributed by atoms with E-state index in [0.29, 0.717) is 18.8 Å². The highest BCUT2D eigenvalue weighted by Crippen LogP contribution is 2.31. The van der Waals surface area contributed by atoms with Crippen molar-refractivity contribution in [3.63, 3.8) is 0 Å². The Kier molecular flexibility index (Phi) is 4.25. The molecule has 102 valence electrons. The highest BCUT2D eigenvalue weighted by atomic mass is 16.4. The summed E-state index contributed by atoms with van der Waals surface area (Å²) in [6.45, 7) is 3.99. The molecule has 1 aliphatic carbocycles. The Morgan fingerprint density at radius 3 is 2.22 bits per heavy atom. The molecule has 2 rings (SSSR count). The fraction of sp³-hybridized carbons (Fsp3) is 0.857. The van der Waals surface area contributed by atoms with Crippen LogP contribution in [0.5, 0.6) is 0 Å². The minimum Gasteiger partial charge on any atom is -0.481 e. The van der Waals surface area contributed by atoms with Gasteiger partial charge in [-0.25, -0.2) is 0 Å². The van der Waals surface area contributed by atoms with Gasteiger partial charge in [0.25, 0.3) is 0 Å². The first-order chi connectivity index (χ1) is 8.61. The molecule has 0 bridgehead atoms. The molecule has 0 aromatic carbocycles. The van der Waals surface area contributed by atoms with Gasteiger partial charge in [0.1, 0.15) is 0 Å². The van der Waals surface area contributed by atoms with E-state index in [1.165, 1.54) is 0 Å². The van der Waals surface area contributed by atoms with Crippen molar-refractivity contribution in [1.29, 1.82) is 0 Å². The fourth-order valence-electron chi connectivity index (χ4n) is 3.21. The van der Waals surface area contributed by atoms with E-state index in [9.17, 15) is 9.59 Å². The maximum Gasteiger partial charge on any atom is 0.306 e. The summed E-state index contributed by atoms with van der Waals surface area (Å²) >= 11 is 0. The number of amides is 1. The second-order valence-electron chi connectivity index (χ2n) is 5.73. The number of hydrogen-bond acceptors (Lipinski definition) is 2. The predicted octanol–water partition coefficient (Wildman–Crippen LogP) is 2.14. The molecule has 0 spiro atoms. The number of carboxylic acid groups (broad SMARTS) is 1. The van der Waals surface area contributed by atoms with Crippen molar-refractivity contribution < 1.29 is 14.7 Å². The average Bonchev–Trinajstić information content (AvgIpc) is 2.86. The highest BCUT2D eigenvalue weighted by Gasteiger charge is 2.34. The maximum atomic E-state index is 12.3. The lowest BCUT2D eigenvalue weighted by Crippen LogP contribution is -2.37. The minimum absolute atomic E-state index is 0.0798. The van der Waals surface area contributed by atoms with E-state index < -0.39 is 5.97 Å². The van der Waals surface area contributed by atoms with E-state index in [-0.39, 0.29) is 17.7 Å². The van der Waals surface area contributed by atoms with Gasteiger partial charge in [-0.1, -0.05) is 13.3 Å². The summed E-state index contributed by atoms with van der Waals surface area (Å²) in [5.41, 5.74) is 0. The summed E-state index contributed by atoms with van der Waals surface area (Å²) < 4.78 is 0. The highest BCUT2D eigenvalue weighted by molar-refractivity contribution is 5.79. The SMILES string of the molecule is CC[C@H]1CCN(C(=O)C2CCC(C(=O)O)CC2)C1. The van der Waals surface area contributed by atoms with Crippen LogP contribution in [0.1, 0.15) is 45.4 Å². The Bertz CT molecular complexity index is 321. The number of nitrogens with zero attached hydrogens (tertiary/aromatic N) is 1. The lowest BCUT2D eigenvalue weighted by molar-refractivity contribution is -0.145. The van der Waals surface area contributed by atoms with Gasteiger partial charge in [0.05, 0.1) is 5.92 Å². The van der Waals surface area contributed by atoms with Gasteiger partial charge in [-0.15, -0.1) is 0 Å². The second kappa shape index (κ2) is 5.72. The summed E-state index contributed by atoms with van der Waals surface area (Å²) in [6, 6.07) is 0. The summed E-state index contributed by atoms with van der Waals surface area (Å²) in [6.07, 6.45) is 5.11. The molecule has 4 heteroatoms. The van der Waals surface area contributed by atoms with Gasteiger partial charge in [-0.2, -0.15) is 0 Å². The molecule has 1 saturated heterocycles. The zero-order chi connectivity index (χ0) is 13.1. The van der Waals surface area contributed by atoms with E-state index in [0.717, 1.165) is 38.8 Å². The first-order valence-electron chi connectivity index (χ1n) is 7.13. The lowest BCUT2D eigenvalue weighted by Gasteiger charge is -2.28. The Labute approximate surface area is 108 Å². The molecular formula is C14H23NO3. The molecule has 1 saturated carbocycles. The third kappa shape index (κ3) is 2.85. The minimum atomic E-state index is -0.701. The first kappa shape index (κ1) is 13.4. The van der Waals surface area contributed by atoms with Gasteiger partial charge < -0.3 is 10.0 Å². The molecule has 2 aliphatic rings. The van der Waals surface area contributed by atoms with Gasteiger partial charge in [0.15, 0.2) is 0 Å². The Morgan fingerprint density at radius 2 is 1.72 bits per heavy atom. The monoisotopic (exact) mass is 253 g/mol. The molecule has 1 heterocycles. The summed E-state index contributed by atoms with van der Waals surface area (Å²) in [5, 5.41) is 8.95. The van der Waals surface area contributed by atoms with Crippen LogP contribution in [0, 0.1) is 17.8 Å². The molecule has 0 radical (unpaired) electrons. The zero-order valence-electron chi connectivity index (χ0n) is 11.1. The zero-order valence-corrected chi connectivity index (χ0v) is 11.1. The van der Waals surface area contributed by atoms with Crippen LogP contribution in [0.3, 0.4) is 0 Å². The largest absolute Gasteiger partial charge is 0.481 e. The van der Waals surface area contributed by atoms with E-state index in [1.54, 1.807) is 0 Å². The quantitative estimate of drug-likeness (QED) is 0.838. The van der Waals surface area contributed by atoms with E-state index in [4.69, 9.17) is 5.11 Å². The number of likely N-dealkylation sites (tertiary alicyclic amines) is 1. The molecule has 1 amide bonds. The second-order valence-corrected chi connectivity index (χ2v) is 5.73. The van der Waals surface area contributed by atoms with Crippen LogP contribution in [-0.4, -0.2) is 35.0 Å². The topological polar surface area (TPSA) is 57.6 Å². The number of aliphatic carboxylic acids is 1. The molecule has 1 atom stereocenters. The number of carbonyl (C=O) groups is 2. The van der Waals surface area contributed by atoms with E-state index in [2.05, 4.69) is 6.92 Å². The van der Waals surface area contributed by atoms with Crippen molar-refractivity contribution in [2.75, 3.05) is 13.1 Å². The lowest BCUT2D eigenvalue weighted by atomic mass is 9.81. The van der Waals surface area contributed by atoms with Crippen LogP contribution in [-0.2, 0) is 9.59 Å². The van der Waals surface area contributed by atoms with Gasteiger partial charge in [-0.05, 0) is 38.0 Å². The number of hydrogen-bond donors (Lipinski definition) is 1. The van der Waals surface area contributed by atoms with Crippen LogP contribution in [0.4, 0.5) is 0 Å². The van der Waals surface area contributed by atoms with Crippen molar-refractivity contribution in [2.45, 2.75) is 45.4 Å². The number of rotatable bonds is 3. The van der Waals surface area contributed by atoms with Gasteiger partial charge in [-0.3, -0.25) is 9.59 Å². The molecular weight excluding hydrogens is 230 g/mol. The molecule has 18 heavy (non-hydrogen) atoms. The number of carboxylic acids is 1. The summed E-state index contributed by atoms with van der Waals surface area (Å²) in [5.74, 6) is 0.0967. The molecule has 4 nitrogen and oxygen atoms in total. The van der Waals surface area contributed by atoms with Crippen molar-refractivity contribution in [3.05, 3.63) is 0 Å². The standard InChI is InChI=1S/C14H23NO3/c1-2-10-7-8-15(9-10)13(16)11-3-5-12(6-4-11)14(17)18/h10-12H,2-9H2,1H3,(H,17,18)/t10-,11?,12?/m0/s1. The van der Waals surface area contributed by atoms with Gasteiger partial charge >= 0.3 is 5.97 Å². The van der Waals surface area contributed by atoms with Crippen molar-refractivity contribution >= 4 is 11.9 Å². The van der Waals surface area contributed by atoms with Crippen molar-refractivity contribution in [1.82, 2.24) is 4.90 Å². The molecule has 1 N–H and O–H groups in total. The van der Waals surface area contributed by atoms with Crippen LogP contribution < -0.4 is 0 Å². The Morgan fingerprint density at radius 1 is 1.11 bits per heavy atom. The van der Waals surface area contributed by atoms with Crippen LogP contribution >= 0.6 is 0 Å². The van der Waals surface area contributed by atoms with Crippen LogP contribution in [0.2, 0.25) is 0 Å². The Hall–Kier alpha value is -1.06. The molecule has 1 aliphatic heterocycles. The first-order valence-corrected chi connectivity index (χ1v) is 7.13. The van der Waals surface area contributed by atoms with Gasteiger partial charge in [0, 0.05) is 19.0 Å². The molecule has 2 fully saturated rings.